The van der Waals surface area contributed by atoms with Gasteiger partial charge >= 0.3 is 0 Å². The molecule has 1 saturated heterocycles. The molecule has 3 heterocycles. The number of pyridine rings is 1. The summed E-state index contributed by atoms with van der Waals surface area (Å²) in [5, 5.41) is -0.323. The summed E-state index contributed by atoms with van der Waals surface area (Å²) in [4.78, 5) is 8.85. The number of alkyl halides is 1. The zero-order chi connectivity index (χ0) is 14.2. The molecule has 108 valence electrons. The quantitative estimate of drug-likeness (QED) is 0.807. The third-order valence-electron chi connectivity index (χ3n) is 3.75. The molecule has 5 nitrogen and oxygen atoms in total. The van der Waals surface area contributed by atoms with Gasteiger partial charge in [-0.05, 0) is 25.0 Å². The molecule has 20 heavy (non-hydrogen) atoms. The highest BCUT2D eigenvalue weighted by Gasteiger charge is 2.32. The fraction of sp³-hybridized carbons (Fsp3) is 0.538. The van der Waals surface area contributed by atoms with Crippen LogP contribution in [-0.4, -0.2) is 39.8 Å². The normalized spacial score (nSPS) is 21.6. The van der Waals surface area contributed by atoms with Crippen molar-refractivity contribution in [2.24, 2.45) is 0 Å². The van der Waals surface area contributed by atoms with Crippen molar-refractivity contribution in [1.82, 2.24) is 14.5 Å². The molecule has 0 saturated carbocycles. The van der Waals surface area contributed by atoms with Crippen LogP contribution in [0.1, 0.15) is 18.7 Å². The lowest BCUT2D eigenvalue weighted by atomic mass is 10.2. The van der Waals surface area contributed by atoms with Crippen molar-refractivity contribution in [3.8, 4) is 0 Å². The lowest BCUT2D eigenvalue weighted by Crippen LogP contribution is -2.23. The van der Waals surface area contributed by atoms with Gasteiger partial charge in [0.25, 0.3) is 0 Å². The average Bonchev–Trinajstić information content (AvgIpc) is 2.92. The minimum Gasteiger partial charge on any atom is -0.311 e. The maximum atomic E-state index is 12.0. The number of hydrogen-bond acceptors (Lipinski definition) is 4. The summed E-state index contributed by atoms with van der Waals surface area (Å²) in [6.07, 6.45) is 3.78. The molecule has 1 aliphatic rings. The first-order valence-electron chi connectivity index (χ1n) is 6.69. The second kappa shape index (κ2) is 5.33. The number of rotatable bonds is 4. The van der Waals surface area contributed by atoms with Gasteiger partial charge in [-0.1, -0.05) is 0 Å². The molecule has 3 rings (SSSR count). The van der Waals surface area contributed by atoms with E-state index in [1.54, 1.807) is 6.20 Å². The number of imidazole rings is 1. The topological polar surface area (TPSA) is 64.8 Å². The Hall–Kier alpha value is -1.14. The standard InChI is InChI=1S/C13H16ClN3O2S/c14-6-5-12-16-11-4-1-7-15-13(11)17(12)9-10-3-2-8-20(10,18)19/h1,4,7,10H,2-3,5-6,8-9H2. The van der Waals surface area contributed by atoms with Crippen LogP contribution in [0.25, 0.3) is 11.2 Å². The monoisotopic (exact) mass is 313 g/mol. The smallest absolute Gasteiger partial charge is 0.160 e. The van der Waals surface area contributed by atoms with Crippen LogP contribution >= 0.6 is 11.6 Å². The van der Waals surface area contributed by atoms with Gasteiger partial charge < -0.3 is 4.57 Å². The van der Waals surface area contributed by atoms with Crippen molar-refractivity contribution in [3.63, 3.8) is 0 Å². The molecule has 0 aromatic carbocycles. The van der Waals surface area contributed by atoms with Crippen LogP contribution < -0.4 is 0 Å². The first-order chi connectivity index (χ1) is 9.62. The van der Waals surface area contributed by atoms with Crippen molar-refractivity contribution in [2.45, 2.75) is 31.1 Å². The molecule has 0 amide bonds. The number of hydrogen-bond donors (Lipinski definition) is 0. The zero-order valence-corrected chi connectivity index (χ0v) is 12.6. The van der Waals surface area contributed by atoms with Crippen LogP contribution in [0.2, 0.25) is 0 Å². The van der Waals surface area contributed by atoms with E-state index >= 15 is 0 Å². The van der Waals surface area contributed by atoms with E-state index in [0.29, 0.717) is 24.6 Å². The summed E-state index contributed by atoms with van der Waals surface area (Å²) in [6, 6.07) is 3.72. The molecule has 0 radical (unpaired) electrons. The fourth-order valence-corrected chi connectivity index (χ4v) is 4.71. The van der Waals surface area contributed by atoms with Crippen molar-refractivity contribution < 1.29 is 8.42 Å². The Balaban J connectivity index is 2.03. The highest BCUT2D eigenvalue weighted by Crippen LogP contribution is 2.24. The lowest BCUT2D eigenvalue weighted by Gasteiger charge is -2.13. The summed E-state index contributed by atoms with van der Waals surface area (Å²) in [6.45, 7) is 0.433. The molecule has 2 aromatic rings. The predicted molar refractivity (Wildman–Crippen MR) is 78.8 cm³/mol. The van der Waals surface area contributed by atoms with Gasteiger partial charge in [0.1, 0.15) is 11.3 Å². The summed E-state index contributed by atoms with van der Waals surface area (Å²) in [7, 11) is -2.97. The lowest BCUT2D eigenvalue weighted by molar-refractivity contribution is 0.562. The Morgan fingerprint density at radius 1 is 1.45 bits per heavy atom. The molecule has 1 atom stereocenters. The Kier molecular flexibility index (Phi) is 3.69. The molecule has 7 heteroatoms. The van der Waals surface area contributed by atoms with Gasteiger partial charge in [0.2, 0.25) is 0 Å². The van der Waals surface area contributed by atoms with Crippen LogP contribution in [0.15, 0.2) is 18.3 Å². The van der Waals surface area contributed by atoms with E-state index in [2.05, 4.69) is 9.97 Å². The van der Waals surface area contributed by atoms with Gasteiger partial charge in [0.15, 0.2) is 15.5 Å². The van der Waals surface area contributed by atoms with Gasteiger partial charge in [0, 0.05) is 25.0 Å². The molecule has 0 N–H and O–H groups in total. The van der Waals surface area contributed by atoms with Crippen molar-refractivity contribution in [2.75, 3.05) is 11.6 Å². The maximum absolute atomic E-state index is 12.0. The van der Waals surface area contributed by atoms with E-state index in [-0.39, 0.29) is 5.25 Å². The van der Waals surface area contributed by atoms with E-state index in [1.165, 1.54) is 0 Å². The van der Waals surface area contributed by atoms with E-state index in [1.807, 2.05) is 16.7 Å². The van der Waals surface area contributed by atoms with Crippen molar-refractivity contribution in [1.29, 1.82) is 0 Å². The number of aromatic nitrogens is 3. The number of nitrogens with zero attached hydrogens (tertiary/aromatic N) is 3. The summed E-state index contributed by atoms with van der Waals surface area (Å²) in [5.74, 6) is 1.57. The van der Waals surface area contributed by atoms with Gasteiger partial charge in [0.05, 0.1) is 11.0 Å². The number of fused-ring (bicyclic) bond motifs is 1. The van der Waals surface area contributed by atoms with Gasteiger partial charge in [-0.25, -0.2) is 18.4 Å². The van der Waals surface area contributed by atoms with Gasteiger partial charge in [-0.15, -0.1) is 11.6 Å². The fourth-order valence-electron chi connectivity index (χ4n) is 2.74. The Morgan fingerprint density at radius 3 is 3.00 bits per heavy atom. The van der Waals surface area contributed by atoms with Gasteiger partial charge in [-0.3, -0.25) is 0 Å². The summed E-state index contributed by atoms with van der Waals surface area (Å²) < 4.78 is 25.9. The van der Waals surface area contributed by atoms with E-state index < -0.39 is 9.84 Å². The zero-order valence-electron chi connectivity index (χ0n) is 11.0. The van der Waals surface area contributed by atoms with Crippen LogP contribution in [0.4, 0.5) is 0 Å². The molecule has 0 aliphatic carbocycles. The second-order valence-electron chi connectivity index (χ2n) is 5.05. The van der Waals surface area contributed by atoms with Crippen LogP contribution in [0.5, 0.6) is 0 Å². The molecule has 1 aliphatic heterocycles. The molecular formula is C13H16ClN3O2S. The average molecular weight is 314 g/mol. The minimum absolute atomic E-state index is 0.294. The first-order valence-corrected chi connectivity index (χ1v) is 8.94. The number of sulfone groups is 1. The maximum Gasteiger partial charge on any atom is 0.160 e. The Labute approximate surface area is 122 Å². The van der Waals surface area contributed by atoms with E-state index in [0.717, 1.165) is 29.8 Å². The van der Waals surface area contributed by atoms with Crippen LogP contribution in [0, 0.1) is 0 Å². The number of aryl methyl sites for hydroxylation is 1. The second-order valence-corrected chi connectivity index (χ2v) is 7.83. The first kappa shape index (κ1) is 13.8. The largest absolute Gasteiger partial charge is 0.311 e. The molecule has 1 fully saturated rings. The molecule has 2 aromatic heterocycles. The summed E-state index contributed by atoms with van der Waals surface area (Å²) >= 11 is 5.82. The van der Waals surface area contributed by atoms with Crippen LogP contribution in [-0.2, 0) is 22.8 Å². The highest BCUT2D eigenvalue weighted by molar-refractivity contribution is 7.92. The SMILES string of the molecule is O=S1(=O)CCCC1Cn1c(CCCl)nc2cccnc21. The van der Waals surface area contributed by atoms with E-state index in [4.69, 9.17) is 11.6 Å². The molecule has 0 bridgehead atoms. The summed E-state index contributed by atoms with van der Waals surface area (Å²) in [5.41, 5.74) is 1.54. The molecule has 0 spiro atoms. The third-order valence-corrected chi connectivity index (χ3v) is 6.20. The minimum atomic E-state index is -2.97. The molecule has 1 unspecified atom stereocenters. The van der Waals surface area contributed by atoms with Crippen molar-refractivity contribution >= 4 is 32.6 Å². The van der Waals surface area contributed by atoms with Crippen molar-refractivity contribution in [3.05, 3.63) is 24.2 Å². The highest BCUT2D eigenvalue weighted by atomic mass is 35.5. The van der Waals surface area contributed by atoms with E-state index in [9.17, 15) is 8.42 Å². The predicted octanol–water partition coefficient (Wildman–Crippen LogP) is 1.79. The van der Waals surface area contributed by atoms with Crippen LogP contribution in [0.3, 0.4) is 0 Å². The molecular weight excluding hydrogens is 298 g/mol. The van der Waals surface area contributed by atoms with Gasteiger partial charge in [-0.2, -0.15) is 0 Å². The third kappa shape index (κ3) is 2.42. The Morgan fingerprint density at radius 2 is 2.30 bits per heavy atom. The number of halogens is 1. The Bertz CT molecular complexity index is 726.